The first-order chi connectivity index (χ1) is 10.9. The van der Waals surface area contributed by atoms with Gasteiger partial charge >= 0.3 is 0 Å². The maximum Gasteiger partial charge on any atom is 0.0233 e. The van der Waals surface area contributed by atoms with Gasteiger partial charge in [-0.15, -0.1) is 0 Å². The molecule has 2 aromatic carbocycles. The zero-order valence-electron chi connectivity index (χ0n) is 13.8. The van der Waals surface area contributed by atoms with Crippen molar-refractivity contribution in [3.63, 3.8) is 0 Å². The maximum atomic E-state index is 2.47. The lowest BCUT2D eigenvalue weighted by molar-refractivity contribution is 0.172. The zero-order valence-corrected chi connectivity index (χ0v) is 13.8. The van der Waals surface area contributed by atoms with Gasteiger partial charge in [-0.1, -0.05) is 60.7 Å². The second-order valence-electron chi connectivity index (χ2n) is 6.23. The van der Waals surface area contributed by atoms with Crippen molar-refractivity contribution in [2.45, 2.75) is 25.9 Å². The molecule has 4 rings (SSSR count). The van der Waals surface area contributed by atoms with Crippen LogP contribution in [0.1, 0.15) is 24.0 Å². The Morgan fingerprint density at radius 1 is 0.565 bits per heavy atom. The minimum absolute atomic E-state index is 0. The molecule has 2 fully saturated rings. The Balaban J connectivity index is 0.000000160. The van der Waals surface area contributed by atoms with Crippen LogP contribution in [0.15, 0.2) is 60.7 Å². The van der Waals surface area contributed by atoms with Crippen molar-refractivity contribution in [1.82, 2.24) is 9.80 Å². The molecule has 2 aliphatic rings. The summed E-state index contributed by atoms with van der Waals surface area (Å²) in [7, 11) is 0. The predicted octanol–water partition coefficient (Wildman–Crippen LogP) is 2.96. The summed E-state index contributed by atoms with van der Waals surface area (Å²) in [6, 6.07) is 21.3. The fourth-order valence-electron chi connectivity index (χ4n) is 2.76. The highest BCUT2D eigenvalue weighted by atomic mass is 16.0. The Hall–Kier alpha value is -1.68. The lowest BCUT2D eigenvalue weighted by Crippen LogP contribution is -2.36. The van der Waals surface area contributed by atoms with Gasteiger partial charge < -0.3 is 5.48 Å². The molecule has 3 nitrogen and oxygen atoms in total. The van der Waals surface area contributed by atoms with E-state index >= 15 is 0 Å². The van der Waals surface area contributed by atoms with Crippen molar-refractivity contribution in [2.75, 3.05) is 26.2 Å². The molecule has 124 valence electrons. The van der Waals surface area contributed by atoms with Gasteiger partial charge in [0.1, 0.15) is 0 Å². The second kappa shape index (κ2) is 9.46. The summed E-state index contributed by atoms with van der Waals surface area (Å²) in [5.41, 5.74) is 2.87. The van der Waals surface area contributed by atoms with E-state index in [1.807, 2.05) is 0 Å². The third-order valence-electron chi connectivity index (χ3n) is 4.40. The Morgan fingerprint density at radius 3 is 1.17 bits per heavy atom. The quantitative estimate of drug-likeness (QED) is 0.870. The van der Waals surface area contributed by atoms with Crippen LogP contribution in [0.3, 0.4) is 0 Å². The van der Waals surface area contributed by atoms with Gasteiger partial charge in [-0.25, -0.2) is 0 Å². The number of likely N-dealkylation sites (tertiary alicyclic amines) is 2. The van der Waals surface area contributed by atoms with E-state index in [2.05, 4.69) is 70.5 Å². The molecule has 0 radical (unpaired) electrons. The van der Waals surface area contributed by atoms with Crippen molar-refractivity contribution in [2.24, 2.45) is 0 Å². The Morgan fingerprint density at radius 2 is 0.913 bits per heavy atom. The van der Waals surface area contributed by atoms with Gasteiger partial charge in [-0.3, -0.25) is 9.80 Å². The van der Waals surface area contributed by atoms with Crippen molar-refractivity contribution >= 4 is 0 Å². The van der Waals surface area contributed by atoms with E-state index in [1.54, 1.807) is 0 Å². The molecule has 0 unspecified atom stereocenters. The minimum Gasteiger partial charge on any atom is -0.412 e. The molecule has 2 aromatic rings. The van der Waals surface area contributed by atoms with Crippen molar-refractivity contribution in [3.8, 4) is 0 Å². The molecular formula is C20H28N2O. The molecule has 0 aromatic heterocycles. The van der Waals surface area contributed by atoms with Crippen molar-refractivity contribution in [3.05, 3.63) is 71.8 Å². The molecule has 0 saturated carbocycles. The van der Waals surface area contributed by atoms with E-state index in [0.29, 0.717) is 0 Å². The van der Waals surface area contributed by atoms with Crippen LogP contribution in [0.4, 0.5) is 0 Å². The van der Waals surface area contributed by atoms with Gasteiger partial charge in [0.15, 0.2) is 0 Å². The fraction of sp³-hybridized carbons (Fsp3) is 0.400. The van der Waals surface area contributed by atoms with Gasteiger partial charge in [-0.05, 0) is 50.1 Å². The van der Waals surface area contributed by atoms with Crippen LogP contribution in [0.5, 0.6) is 0 Å². The van der Waals surface area contributed by atoms with Gasteiger partial charge in [0.2, 0.25) is 0 Å². The van der Waals surface area contributed by atoms with E-state index in [1.165, 1.54) is 50.1 Å². The molecule has 0 spiro atoms. The standard InChI is InChI=1S/2C10H13N.H2O/c2*1-2-5-10(6-3-1)9-11-7-4-8-11;/h2*1-3,5-6H,4,7-9H2;1H2. The molecule has 0 amide bonds. The highest BCUT2D eigenvalue weighted by Gasteiger charge is 2.13. The number of rotatable bonds is 4. The van der Waals surface area contributed by atoms with Crippen molar-refractivity contribution < 1.29 is 5.48 Å². The first kappa shape index (κ1) is 17.7. The zero-order chi connectivity index (χ0) is 15.0. The highest BCUT2D eigenvalue weighted by Crippen LogP contribution is 2.12. The summed E-state index contributed by atoms with van der Waals surface area (Å²) in [5, 5.41) is 0. The van der Waals surface area contributed by atoms with Gasteiger partial charge in [0.05, 0.1) is 0 Å². The van der Waals surface area contributed by atoms with Gasteiger partial charge in [0.25, 0.3) is 0 Å². The van der Waals surface area contributed by atoms with Gasteiger partial charge in [0, 0.05) is 13.1 Å². The third-order valence-corrected chi connectivity index (χ3v) is 4.40. The smallest absolute Gasteiger partial charge is 0.0233 e. The number of hydrogen-bond donors (Lipinski definition) is 0. The van der Waals surface area contributed by atoms with E-state index in [0.717, 1.165) is 13.1 Å². The molecule has 0 bridgehead atoms. The number of nitrogens with zero attached hydrogens (tertiary/aromatic N) is 2. The molecule has 23 heavy (non-hydrogen) atoms. The minimum atomic E-state index is 0. The second-order valence-corrected chi connectivity index (χ2v) is 6.23. The summed E-state index contributed by atoms with van der Waals surface area (Å²) in [6.07, 6.45) is 2.76. The monoisotopic (exact) mass is 312 g/mol. The van der Waals surface area contributed by atoms with E-state index in [4.69, 9.17) is 0 Å². The Labute approximate surface area is 139 Å². The summed E-state index contributed by atoms with van der Waals surface area (Å²) in [4.78, 5) is 4.94. The van der Waals surface area contributed by atoms with Crippen molar-refractivity contribution in [1.29, 1.82) is 0 Å². The van der Waals surface area contributed by atoms with Crippen LogP contribution in [-0.2, 0) is 13.1 Å². The summed E-state index contributed by atoms with van der Waals surface area (Å²) in [6.45, 7) is 7.43. The summed E-state index contributed by atoms with van der Waals surface area (Å²) < 4.78 is 0. The van der Waals surface area contributed by atoms with Crippen LogP contribution in [0.2, 0.25) is 0 Å². The lowest BCUT2D eigenvalue weighted by atomic mass is 10.1. The number of hydrogen-bond acceptors (Lipinski definition) is 2. The Bertz CT molecular complexity index is 485. The Kier molecular flexibility index (Phi) is 7.27. The molecule has 0 aliphatic carbocycles. The first-order valence-corrected chi connectivity index (χ1v) is 8.43. The molecule has 2 saturated heterocycles. The summed E-state index contributed by atoms with van der Waals surface area (Å²) >= 11 is 0. The predicted molar refractivity (Wildman–Crippen MR) is 96.3 cm³/mol. The van der Waals surface area contributed by atoms with E-state index in [-0.39, 0.29) is 5.48 Å². The fourth-order valence-corrected chi connectivity index (χ4v) is 2.76. The van der Waals surface area contributed by atoms with Crippen LogP contribution < -0.4 is 0 Å². The largest absolute Gasteiger partial charge is 0.412 e. The first-order valence-electron chi connectivity index (χ1n) is 8.43. The molecular weight excluding hydrogens is 284 g/mol. The number of benzene rings is 2. The molecule has 0 atom stereocenters. The average Bonchev–Trinajstić information content (AvgIpc) is 2.50. The lowest BCUT2D eigenvalue weighted by Gasteiger charge is -2.30. The van der Waals surface area contributed by atoms with Crippen LogP contribution in [0, 0.1) is 0 Å². The average molecular weight is 312 g/mol. The molecule has 2 N–H and O–H groups in total. The summed E-state index contributed by atoms with van der Waals surface area (Å²) in [5.74, 6) is 0. The normalized spacial score (nSPS) is 17.0. The van der Waals surface area contributed by atoms with Crippen LogP contribution in [-0.4, -0.2) is 41.5 Å². The van der Waals surface area contributed by atoms with Gasteiger partial charge in [-0.2, -0.15) is 0 Å². The van der Waals surface area contributed by atoms with Crippen LogP contribution in [0.25, 0.3) is 0 Å². The van der Waals surface area contributed by atoms with E-state index in [9.17, 15) is 0 Å². The van der Waals surface area contributed by atoms with E-state index < -0.39 is 0 Å². The highest BCUT2D eigenvalue weighted by molar-refractivity contribution is 5.15. The molecule has 2 aliphatic heterocycles. The molecule has 2 heterocycles. The van der Waals surface area contributed by atoms with Crippen LogP contribution >= 0.6 is 0 Å². The third kappa shape index (κ3) is 5.79. The molecule has 3 heteroatoms. The topological polar surface area (TPSA) is 38.0 Å². The maximum absolute atomic E-state index is 2.47. The SMILES string of the molecule is O.c1ccc(CN2CCC2)cc1.c1ccc(CN2CCC2)cc1.